The first kappa shape index (κ1) is 25.5. The van der Waals surface area contributed by atoms with Crippen molar-refractivity contribution in [2.24, 2.45) is 0 Å². The highest BCUT2D eigenvalue weighted by Gasteiger charge is 2.34. The molecule has 1 aromatic heterocycles. The first-order valence-corrected chi connectivity index (χ1v) is 12.7. The van der Waals surface area contributed by atoms with Crippen LogP contribution in [0.25, 0.3) is 0 Å². The number of halogens is 1. The third-order valence-electron chi connectivity index (χ3n) is 6.46. The number of aliphatic hydroxyl groups is 1. The molecule has 2 heterocycles. The second kappa shape index (κ2) is 11.5. The Hall–Kier alpha value is -2.54. The van der Waals surface area contributed by atoms with Crippen molar-refractivity contribution in [3.8, 4) is 11.5 Å². The van der Waals surface area contributed by atoms with Crippen LogP contribution in [0, 0.1) is 20.8 Å². The van der Waals surface area contributed by atoms with Gasteiger partial charge in [-0.3, -0.25) is 9.58 Å². The highest BCUT2D eigenvalue weighted by molar-refractivity contribution is 6.32. The molecule has 1 atom stereocenters. The molecule has 0 bridgehead atoms. The van der Waals surface area contributed by atoms with Crippen LogP contribution < -0.4 is 9.47 Å². The monoisotopic (exact) mass is 497 g/mol. The Morgan fingerprint density at radius 1 is 1.03 bits per heavy atom. The van der Waals surface area contributed by atoms with Crippen molar-refractivity contribution < 1.29 is 14.6 Å². The summed E-state index contributed by atoms with van der Waals surface area (Å²) in [6.45, 7) is 10.1. The summed E-state index contributed by atoms with van der Waals surface area (Å²) in [5.41, 5.74) is 3.35. The molecule has 35 heavy (non-hydrogen) atoms. The molecule has 188 valence electrons. The van der Waals surface area contributed by atoms with Crippen LogP contribution in [0.1, 0.15) is 41.6 Å². The average molecular weight is 498 g/mol. The zero-order chi connectivity index (χ0) is 24.8. The number of β-amino-alcohol motifs (C(OH)–C–C–N with tert-alkyl or cyclic N) is 1. The molecule has 1 aliphatic rings. The van der Waals surface area contributed by atoms with Gasteiger partial charge in [0.1, 0.15) is 23.7 Å². The lowest BCUT2D eigenvalue weighted by Gasteiger charge is -2.39. The molecule has 1 saturated heterocycles. The molecule has 7 heteroatoms. The van der Waals surface area contributed by atoms with Gasteiger partial charge in [0.2, 0.25) is 0 Å². The zero-order valence-corrected chi connectivity index (χ0v) is 21.7. The normalized spacial score (nSPS) is 18.5. The van der Waals surface area contributed by atoms with E-state index in [1.807, 2.05) is 62.0 Å². The maximum atomic E-state index is 11.2. The van der Waals surface area contributed by atoms with Crippen molar-refractivity contribution in [1.29, 1.82) is 0 Å². The van der Waals surface area contributed by atoms with Gasteiger partial charge in [0, 0.05) is 37.3 Å². The molecule has 0 spiro atoms. The molecule has 4 rings (SSSR count). The third-order valence-corrected chi connectivity index (χ3v) is 7.05. The van der Waals surface area contributed by atoms with Gasteiger partial charge in [0.15, 0.2) is 0 Å². The summed E-state index contributed by atoms with van der Waals surface area (Å²) in [5.74, 6) is 1.63. The summed E-state index contributed by atoms with van der Waals surface area (Å²) in [4.78, 5) is 2.30. The van der Waals surface area contributed by atoms with Gasteiger partial charge in [-0.15, -0.1) is 0 Å². The number of hydrogen-bond donors (Lipinski definition) is 1. The predicted molar refractivity (Wildman–Crippen MR) is 139 cm³/mol. The van der Waals surface area contributed by atoms with Crippen LogP contribution in [0.3, 0.4) is 0 Å². The maximum absolute atomic E-state index is 11.2. The number of nitrogens with zero attached hydrogens (tertiary/aromatic N) is 3. The molecule has 2 aromatic carbocycles. The lowest BCUT2D eigenvalue weighted by atomic mass is 9.93. The molecule has 0 amide bonds. The summed E-state index contributed by atoms with van der Waals surface area (Å²) in [6, 6.07) is 14.1. The van der Waals surface area contributed by atoms with Crippen LogP contribution in [0.4, 0.5) is 0 Å². The number of ether oxygens (including phenoxy) is 2. The van der Waals surface area contributed by atoms with Gasteiger partial charge in [-0.2, -0.15) is 5.10 Å². The van der Waals surface area contributed by atoms with E-state index in [-0.39, 0.29) is 6.61 Å². The SMILES string of the molecule is Cc1ccn(CCCOc2ccc(CN3CCC[C@](O)(COc4cc(C)c(Cl)c(C)c4)C3)cc2)n1. The summed E-state index contributed by atoms with van der Waals surface area (Å²) >= 11 is 6.26. The van der Waals surface area contributed by atoms with E-state index >= 15 is 0 Å². The summed E-state index contributed by atoms with van der Waals surface area (Å²) in [7, 11) is 0. The maximum Gasteiger partial charge on any atom is 0.120 e. The van der Waals surface area contributed by atoms with Gasteiger partial charge in [0.25, 0.3) is 0 Å². The Kier molecular flexibility index (Phi) is 8.37. The van der Waals surface area contributed by atoms with Crippen LogP contribution in [-0.4, -0.2) is 51.7 Å². The van der Waals surface area contributed by atoms with Gasteiger partial charge in [-0.05, 0) is 87.2 Å². The standard InChI is InChI=1S/C28H36ClN3O3/c1-21-16-26(17-22(2)27(21)29)35-20-28(33)11-4-12-31(19-28)18-24-6-8-25(9-7-24)34-15-5-13-32-14-10-23(3)30-32/h6-10,14,16-17,33H,4-5,11-13,15,18-20H2,1-3H3/t28-/m1/s1. The van der Waals surface area contributed by atoms with Crippen LogP contribution in [-0.2, 0) is 13.1 Å². The Balaban J connectivity index is 1.23. The Morgan fingerprint density at radius 2 is 1.77 bits per heavy atom. The van der Waals surface area contributed by atoms with Crippen molar-refractivity contribution >= 4 is 11.6 Å². The minimum Gasteiger partial charge on any atom is -0.494 e. The minimum atomic E-state index is -0.865. The van der Waals surface area contributed by atoms with E-state index in [4.69, 9.17) is 21.1 Å². The van der Waals surface area contributed by atoms with Gasteiger partial charge in [-0.25, -0.2) is 0 Å². The number of benzene rings is 2. The average Bonchev–Trinajstić information content (AvgIpc) is 3.25. The molecule has 1 N–H and O–H groups in total. The molecular formula is C28H36ClN3O3. The summed E-state index contributed by atoms with van der Waals surface area (Å²) < 4.78 is 13.8. The molecule has 0 radical (unpaired) electrons. The number of likely N-dealkylation sites (tertiary alicyclic amines) is 1. The van der Waals surface area contributed by atoms with Gasteiger partial charge in [-0.1, -0.05) is 23.7 Å². The number of piperidine rings is 1. The molecule has 0 aliphatic carbocycles. The van der Waals surface area contributed by atoms with Gasteiger partial charge in [0.05, 0.1) is 12.3 Å². The van der Waals surface area contributed by atoms with E-state index in [2.05, 4.69) is 22.1 Å². The second-order valence-electron chi connectivity index (χ2n) is 9.76. The molecular weight excluding hydrogens is 462 g/mol. The largest absolute Gasteiger partial charge is 0.494 e. The minimum absolute atomic E-state index is 0.273. The first-order valence-electron chi connectivity index (χ1n) is 12.4. The fraction of sp³-hybridized carbons (Fsp3) is 0.464. The van der Waals surface area contributed by atoms with Crippen molar-refractivity contribution in [2.45, 2.75) is 58.7 Å². The van der Waals surface area contributed by atoms with E-state index in [9.17, 15) is 5.11 Å². The zero-order valence-electron chi connectivity index (χ0n) is 21.0. The van der Waals surface area contributed by atoms with Crippen molar-refractivity contribution in [2.75, 3.05) is 26.3 Å². The first-order chi connectivity index (χ1) is 16.8. The Labute approximate surface area is 213 Å². The van der Waals surface area contributed by atoms with E-state index in [0.717, 1.165) is 72.2 Å². The molecule has 0 unspecified atom stereocenters. The van der Waals surface area contributed by atoms with Crippen LogP contribution >= 0.6 is 11.6 Å². The van der Waals surface area contributed by atoms with E-state index in [1.54, 1.807) is 0 Å². The van der Waals surface area contributed by atoms with Crippen molar-refractivity contribution in [3.05, 3.63) is 76.1 Å². The summed E-state index contributed by atoms with van der Waals surface area (Å²) in [6.07, 6.45) is 4.58. The molecule has 0 saturated carbocycles. The molecule has 1 fully saturated rings. The van der Waals surface area contributed by atoms with E-state index < -0.39 is 5.60 Å². The number of aryl methyl sites for hydroxylation is 4. The smallest absolute Gasteiger partial charge is 0.120 e. The van der Waals surface area contributed by atoms with Gasteiger partial charge < -0.3 is 14.6 Å². The molecule has 6 nitrogen and oxygen atoms in total. The lowest BCUT2D eigenvalue weighted by Crippen LogP contribution is -2.51. The number of rotatable bonds is 10. The lowest BCUT2D eigenvalue weighted by molar-refractivity contribution is -0.0621. The van der Waals surface area contributed by atoms with Gasteiger partial charge >= 0.3 is 0 Å². The molecule has 3 aromatic rings. The number of aromatic nitrogens is 2. The van der Waals surface area contributed by atoms with E-state index in [1.165, 1.54) is 5.56 Å². The van der Waals surface area contributed by atoms with Crippen molar-refractivity contribution in [1.82, 2.24) is 14.7 Å². The summed E-state index contributed by atoms with van der Waals surface area (Å²) in [5, 5.41) is 16.4. The van der Waals surface area contributed by atoms with Crippen molar-refractivity contribution in [3.63, 3.8) is 0 Å². The fourth-order valence-electron chi connectivity index (χ4n) is 4.62. The van der Waals surface area contributed by atoms with Crippen LogP contribution in [0.2, 0.25) is 5.02 Å². The topological polar surface area (TPSA) is 59.8 Å². The highest BCUT2D eigenvalue weighted by Crippen LogP contribution is 2.28. The number of hydrogen-bond acceptors (Lipinski definition) is 5. The van der Waals surface area contributed by atoms with E-state index in [0.29, 0.717) is 13.2 Å². The van der Waals surface area contributed by atoms with Crippen LogP contribution in [0.5, 0.6) is 11.5 Å². The Bertz CT molecular complexity index is 1090. The second-order valence-corrected chi connectivity index (χ2v) is 10.1. The fourth-order valence-corrected chi connectivity index (χ4v) is 4.73. The predicted octanol–water partition coefficient (Wildman–Crippen LogP) is 5.34. The Morgan fingerprint density at radius 3 is 2.46 bits per heavy atom. The third kappa shape index (κ3) is 7.23. The quantitative estimate of drug-likeness (QED) is 0.383. The van der Waals surface area contributed by atoms with Crippen LogP contribution in [0.15, 0.2) is 48.7 Å². The molecule has 1 aliphatic heterocycles. The highest BCUT2D eigenvalue weighted by atomic mass is 35.5.